The zero-order chi connectivity index (χ0) is 15.1. The van der Waals surface area contributed by atoms with Gasteiger partial charge in [0.1, 0.15) is 5.60 Å². The summed E-state index contributed by atoms with van der Waals surface area (Å²) in [6.07, 6.45) is 1.88. The molecule has 2 aliphatic heterocycles. The zero-order valence-corrected chi connectivity index (χ0v) is 11.7. The monoisotopic (exact) mass is 287 g/mol. The Balaban J connectivity index is 2.05. The van der Waals surface area contributed by atoms with E-state index in [1.807, 2.05) is 0 Å². The zero-order valence-electron chi connectivity index (χ0n) is 11.7. The van der Waals surface area contributed by atoms with Crippen LogP contribution in [0.15, 0.2) is 12.2 Å². The maximum Gasteiger partial charge on any atom is 0.411 e. The van der Waals surface area contributed by atoms with Gasteiger partial charge in [0.25, 0.3) is 5.91 Å². The fourth-order valence-corrected chi connectivity index (χ4v) is 1.92. The number of hydrogen-bond donors (Lipinski definition) is 0. The summed E-state index contributed by atoms with van der Waals surface area (Å²) in [5.41, 5.74) is -0.714. The van der Waals surface area contributed by atoms with Gasteiger partial charge in [-0.1, -0.05) is 6.08 Å². The molecule has 7 heteroatoms. The van der Waals surface area contributed by atoms with Crippen LogP contribution in [0, 0.1) is 6.04 Å². The van der Waals surface area contributed by atoms with Crippen molar-refractivity contribution in [1.29, 1.82) is 0 Å². The highest BCUT2D eigenvalue weighted by molar-refractivity contribution is 5.97. The van der Waals surface area contributed by atoms with Crippen LogP contribution in [0.1, 0.15) is 27.2 Å². The highest BCUT2D eigenvalue weighted by Gasteiger charge is 2.52. The predicted octanol–water partition coefficient (Wildman–Crippen LogP) is 2.15. The molecule has 111 valence electrons. The second-order valence-electron chi connectivity index (χ2n) is 5.75. The molecular weight excluding hydrogens is 270 g/mol. The topological polar surface area (TPSA) is 49.9 Å². The Bertz CT molecular complexity index is 457. The van der Waals surface area contributed by atoms with Crippen molar-refractivity contribution in [1.82, 2.24) is 9.80 Å². The molecule has 2 aliphatic rings. The minimum absolute atomic E-state index is 0.00860. The molecule has 0 saturated carbocycles. The summed E-state index contributed by atoms with van der Waals surface area (Å²) < 4.78 is 31.6. The van der Waals surface area contributed by atoms with Gasteiger partial charge < -0.3 is 4.74 Å². The van der Waals surface area contributed by atoms with E-state index in [0.29, 0.717) is 4.90 Å². The van der Waals surface area contributed by atoms with Gasteiger partial charge in [-0.25, -0.2) is 4.79 Å². The third kappa shape index (κ3) is 2.76. The van der Waals surface area contributed by atoms with Crippen molar-refractivity contribution in [2.75, 3.05) is 13.1 Å². The first-order valence-corrected chi connectivity index (χ1v) is 6.36. The Labute approximate surface area is 116 Å². The van der Waals surface area contributed by atoms with Crippen LogP contribution in [0.25, 0.3) is 0 Å². The molecule has 0 bridgehead atoms. The molecule has 20 heavy (non-hydrogen) atoms. The van der Waals surface area contributed by atoms with Crippen LogP contribution < -0.4 is 0 Å². The Morgan fingerprint density at radius 1 is 1.35 bits per heavy atom. The molecule has 5 nitrogen and oxygen atoms in total. The number of likely N-dealkylation sites (tertiary alicyclic amines) is 1. The van der Waals surface area contributed by atoms with E-state index >= 15 is 0 Å². The standard InChI is InChI=1S/C13H17F2N2O3/c1-12(2,3)20-11(19)16-7-4-5-9(16)10(18)17-8-6-13(17,14)15/h4-5H,6-8H2,1-3H3. The lowest BCUT2D eigenvalue weighted by atomic mass is 10.1. The molecule has 0 aromatic carbocycles. The van der Waals surface area contributed by atoms with Crippen LogP contribution >= 0.6 is 0 Å². The third-order valence-corrected chi connectivity index (χ3v) is 2.96. The van der Waals surface area contributed by atoms with Crippen molar-refractivity contribution in [3.63, 3.8) is 0 Å². The highest BCUT2D eigenvalue weighted by Crippen LogP contribution is 2.36. The van der Waals surface area contributed by atoms with Gasteiger partial charge in [-0.2, -0.15) is 8.78 Å². The third-order valence-electron chi connectivity index (χ3n) is 2.96. The van der Waals surface area contributed by atoms with Crippen LogP contribution in [0.3, 0.4) is 0 Å². The van der Waals surface area contributed by atoms with Crippen molar-refractivity contribution in [2.45, 2.75) is 38.8 Å². The van der Waals surface area contributed by atoms with Gasteiger partial charge in [0.15, 0.2) is 6.04 Å². The van der Waals surface area contributed by atoms with Crippen molar-refractivity contribution in [3.8, 4) is 0 Å². The lowest BCUT2D eigenvalue weighted by Gasteiger charge is -2.42. The normalized spacial score (nSPS) is 21.9. The van der Waals surface area contributed by atoms with Crippen molar-refractivity contribution >= 4 is 12.0 Å². The average molecular weight is 287 g/mol. The van der Waals surface area contributed by atoms with Gasteiger partial charge in [-0.3, -0.25) is 14.6 Å². The smallest absolute Gasteiger partial charge is 0.411 e. The predicted molar refractivity (Wildman–Crippen MR) is 66.6 cm³/mol. The van der Waals surface area contributed by atoms with E-state index in [4.69, 9.17) is 4.74 Å². The molecule has 0 aromatic heterocycles. The van der Waals surface area contributed by atoms with E-state index in [2.05, 4.69) is 0 Å². The molecule has 0 unspecified atom stereocenters. The maximum atomic E-state index is 13.2. The number of halogens is 2. The van der Waals surface area contributed by atoms with E-state index in [1.54, 1.807) is 26.8 Å². The molecule has 0 atom stereocenters. The first-order valence-electron chi connectivity index (χ1n) is 6.36. The molecule has 0 spiro atoms. The highest BCUT2D eigenvalue weighted by atomic mass is 19.3. The average Bonchev–Trinajstić information content (AvgIpc) is 2.74. The summed E-state index contributed by atoms with van der Waals surface area (Å²) in [6.45, 7) is 5.22. The Morgan fingerprint density at radius 3 is 2.45 bits per heavy atom. The van der Waals surface area contributed by atoms with Crippen LogP contribution in [0.5, 0.6) is 0 Å². The minimum Gasteiger partial charge on any atom is -0.444 e. The summed E-state index contributed by atoms with van der Waals surface area (Å²) >= 11 is 0. The molecule has 0 N–H and O–H groups in total. The van der Waals surface area contributed by atoms with Gasteiger partial charge in [-0.15, -0.1) is 0 Å². The van der Waals surface area contributed by atoms with Crippen molar-refractivity contribution < 1.29 is 23.1 Å². The van der Waals surface area contributed by atoms with E-state index in [-0.39, 0.29) is 25.6 Å². The van der Waals surface area contributed by atoms with Crippen molar-refractivity contribution in [3.05, 3.63) is 18.2 Å². The van der Waals surface area contributed by atoms with Crippen molar-refractivity contribution in [2.24, 2.45) is 0 Å². The summed E-state index contributed by atoms with van der Waals surface area (Å²) in [4.78, 5) is 25.5. The van der Waals surface area contributed by atoms with Crippen LogP contribution in [-0.2, 0) is 9.53 Å². The Hall–Kier alpha value is -1.66. The van der Waals surface area contributed by atoms with Gasteiger partial charge in [-0.05, 0) is 26.8 Å². The maximum absolute atomic E-state index is 13.2. The van der Waals surface area contributed by atoms with E-state index < -0.39 is 23.6 Å². The molecule has 1 radical (unpaired) electrons. The number of hydrogen-bond acceptors (Lipinski definition) is 3. The first kappa shape index (κ1) is 14.7. The number of amides is 2. The Morgan fingerprint density at radius 2 is 2.00 bits per heavy atom. The van der Waals surface area contributed by atoms with Gasteiger partial charge in [0, 0.05) is 19.5 Å². The van der Waals surface area contributed by atoms with Crippen LogP contribution in [0.2, 0.25) is 0 Å². The largest absolute Gasteiger partial charge is 0.444 e. The molecule has 2 amide bonds. The summed E-state index contributed by atoms with van der Waals surface area (Å²) in [5, 5.41) is 0. The molecule has 1 saturated heterocycles. The number of carbonyl (C=O) groups is 2. The number of carbonyl (C=O) groups excluding carboxylic acids is 2. The second-order valence-corrected chi connectivity index (χ2v) is 5.75. The lowest BCUT2D eigenvalue weighted by Crippen LogP contribution is -2.59. The SMILES string of the molecule is CC(C)(C)OC(=O)N1CC=C[C]1C(=O)N1CCC1(F)F. The summed E-state index contributed by atoms with van der Waals surface area (Å²) in [6, 6.07) is -3.20. The van der Waals surface area contributed by atoms with E-state index in [9.17, 15) is 18.4 Å². The summed E-state index contributed by atoms with van der Waals surface area (Å²) in [7, 11) is 0. The van der Waals surface area contributed by atoms with Gasteiger partial charge in [0.2, 0.25) is 0 Å². The molecule has 2 heterocycles. The minimum atomic E-state index is -3.12. The molecule has 2 rings (SSSR count). The number of ether oxygens (including phenoxy) is 1. The number of rotatable bonds is 1. The molecule has 0 aliphatic carbocycles. The fourth-order valence-electron chi connectivity index (χ4n) is 1.92. The molecule has 1 fully saturated rings. The van der Waals surface area contributed by atoms with Crippen LogP contribution in [-0.4, -0.2) is 46.5 Å². The number of nitrogens with zero attached hydrogens (tertiary/aromatic N) is 2. The van der Waals surface area contributed by atoms with E-state index in [0.717, 1.165) is 4.90 Å². The fraction of sp³-hybridized carbons (Fsp3) is 0.615. The molecule has 0 aromatic rings. The van der Waals surface area contributed by atoms with E-state index in [1.165, 1.54) is 6.08 Å². The second kappa shape index (κ2) is 4.71. The Kier molecular flexibility index (Phi) is 3.47. The molecular formula is C13H17F2N2O3. The first-order chi connectivity index (χ1) is 9.12. The van der Waals surface area contributed by atoms with Gasteiger partial charge >= 0.3 is 12.1 Å². The van der Waals surface area contributed by atoms with Crippen LogP contribution in [0.4, 0.5) is 13.6 Å². The quantitative estimate of drug-likeness (QED) is 0.694. The van der Waals surface area contributed by atoms with Gasteiger partial charge in [0.05, 0.1) is 0 Å². The number of alkyl halides is 2. The summed E-state index contributed by atoms with van der Waals surface area (Å²) in [5.74, 6) is -0.846. The lowest BCUT2D eigenvalue weighted by molar-refractivity contribution is -0.216.